The van der Waals surface area contributed by atoms with E-state index in [1.807, 2.05) is 16.7 Å². The standard InChI is InChI=1S/C26H33FN8O3S2/c1-24(36)11-33(5-6-37-14-24)21-30-22(32-23(31-21)38-15-25-3-2-4-35(25)9-16(27)7-25)34-12-26(13-34)19-17(8-28)20(29)40-18(19)10-39-26/h16,36H,2-7,9-15,29H2,1H3/t16?,24?,25-/m0/s1. The van der Waals surface area contributed by atoms with Crippen molar-refractivity contribution in [3.8, 4) is 12.1 Å². The van der Waals surface area contributed by atoms with Gasteiger partial charge in [0.05, 0.1) is 35.6 Å². The molecule has 0 aliphatic carbocycles. The summed E-state index contributed by atoms with van der Waals surface area (Å²) in [6.45, 7) is 6.16. The smallest absolute Gasteiger partial charge is 0.323 e. The second-order valence-corrected chi connectivity index (χ2v) is 14.4. The number of nitrogens with two attached hydrogens (primary N) is 1. The topological polar surface area (TPSA) is 137 Å². The van der Waals surface area contributed by atoms with Crippen molar-refractivity contribution in [3.63, 3.8) is 0 Å². The molecule has 3 atom stereocenters. The molecule has 7 heterocycles. The maximum atomic E-state index is 14.3. The number of β-amino-alcohol motifs (C(OH)–C–C–N with tert-alkyl or cyclic N) is 1. The first-order valence-corrected chi connectivity index (χ1v) is 15.5. The zero-order valence-corrected chi connectivity index (χ0v) is 24.1. The second-order valence-electron chi connectivity index (χ2n) is 11.9. The Morgan fingerprint density at radius 1 is 1.23 bits per heavy atom. The fraction of sp³-hybridized carbons (Fsp3) is 0.692. The highest BCUT2D eigenvalue weighted by Crippen LogP contribution is 2.57. The fourth-order valence-corrected chi connectivity index (χ4v) is 9.74. The Morgan fingerprint density at radius 3 is 2.83 bits per heavy atom. The molecule has 1 spiro atoms. The molecule has 40 heavy (non-hydrogen) atoms. The van der Waals surface area contributed by atoms with Gasteiger partial charge in [0.1, 0.15) is 29.4 Å². The van der Waals surface area contributed by atoms with Crippen molar-refractivity contribution in [2.45, 2.75) is 54.0 Å². The van der Waals surface area contributed by atoms with E-state index < -0.39 is 11.8 Å². The molecule has 0 aromatic carbocycles. The molecule has 0 amide bonds. The molecule has 7 rings (SSSR count). The number of hydrogen-bond donors (Lipinski definition) is 2. The van der Waals surface area contributed by atoms with Crippen LogP contribution in [-0.2, 0) is 15.2 Å². The van der Waals surface area contributed by atoms with Gasteiger partial charge in [0.2, 0.25) is 11.9 Å². The van der Waals surface area contributed by atoms with E-state index >= 15 is 0 Å². The van der Waals surface area contributed by atoms with Crippen molar-refractivity contribution in [2.75, 3.05) is 74.6 Å². The lowest BCUT2D eigenvalue weighted by atomic mass is 9.88. The summed E-state index contributed by atoms with van der Waals surface area (Å²) in [7, 11) is 0. The molecule has 11 nitrogen and oxygen atoms in total. The third kappa shape index (κ3) is 4.37. The van der Waals surface area contributed by atoms with Gasteiger partial charge >= 0.3 is 6.01 Å². The molecule has 2 unspecified atom stereocenters. The number of nitriles is 1. The number of aromatic nitrogens is 3. The number of nitrogen functional groups attached to an aromatic ring is 1. The zero-order valence-electron chi connectivity index (χ0n) is 22.4. The van der Waals surface area contributed by atoms with Crippen LogP contribution >= 0.6 is 23.1 Å². The van der Waals surface area contributed by atoms with Gasteiger partial charge in [0.15, 0.2) is 0 Å². The molecule has 214 valence electrons. The van der Waals surface area contributed by atoms with E-state index in [2.05, 4.69) is 20.9 Å². The van der Waals surface area contributed by atoms with Crippen LogP contribution in [0.15, 0.2) is 0 Å². The summed E-state index contributed by atoms with van der Waals surface area (Å²) in [5, 5.41) is 21.1. The highest BCUT2D eigenvalue weighted by atomic mass is 32.2. The molecule has 2 aromatic heterocycles. The lowest BCUT2D eigenvalue weighted by Crippen LogP contribution is -2.57. The third-order valence-electron chi connectivity index (χ3n) is 8.79. The maximum Gasteiger partial charge on any atom is 0.323 e. The number of anilines is 3. The highest BCUT2D eigenvalue weighted by Gasteiger charge is 2.53. The van der Waals surface area contributed by atoms with E-state index in [1.54, 1.807) is 6.92 Å². The molecule has 5 aliphatic heterocycles. The third-order valence-corrected chi connectivity index (χ3v) is 11.4. The van der Waals surface area contributed by atoms with Gasteiger partial charge in [-0.15, -0.1) is 23.1 Å². The number of hydrogen-bond acceptors (Lipinski definition) is 13. The number of thioether (sulfide) groups is 1. The van der Waals surface area contributed by atoms with Crippen molar-refractivity contribution < 1.29 is 19.0 Å². The van der Waals surface area contributed by atoms with Gasteiger partial charge in [0.25, 0.3) is 0 Å². The Kier molecular flexibility index (Phi) is 6.32. The SMILES string of the molecule is CC1(O)COCCN(c2nc(OC[C@@]34CCCN3CC(F)C4)nc(N3CC4(C3)SCc3sc(N)c(C#N)c34)n2)C1. The van der Waals surface area contributed by atoms with Crippen LogP contribution in [0.5, 0.6) is 6.01 Å². The minimum Gasteiger partial charge on any atom is -0.461 e. The number of aliphatic hydroxyl groups is 1. The van der Waals surface area contributed by atoms with E-state index in [0.717, 1.165) is 30.7 Å². The van der Waals surface area contributed by atoms with Crippen LogP contribution in [0.25, 0.3) is 0 Å². The lowest BCUT2D eigenvalue weighted by molar-refractivity contribution is -0.0123. The molecule has 0 radical (unpaired) electrons. The van der Waals surface area contributed by atoms with E-state index in [9.17, 15) is 14.8 Å². The number of halogens is 1. The number of fused-ring (bicyclic) bond motifs is 3. The highest BCUT2D eigenvalue weighted by molar-refractivity contribution is 8.00. The number of thiophene rings is 1. The Balaban J connectivity index is 1.17. The first kappa shape index (κ1) is 26.5. The van der Waals surface area contributed by atoms with Gasteiger partial charge in [0, 0.05) is 48.8 Å². The molecule has 5 aliphatic rings. The Labute approximate surface area is 240 Å². The molecule has 3 N–H and O–H groups in total. The average molecular weight is 589 g/mol. The summed E-state index contributed by atoms with van der Waals surface area (Å²) in [5.74, 6) is 1.74. The quantitative estimate of drug-likeness (QED) is 0.528. The van der Waals surface area contributed by atoms with E-state index in [4.69, 9.17) is 25.2 Å². The van der Waals surface area contributed by atoms with Crippen LogP contribution in [-0.4, -0.2) is 101 Å². The molecule has 0 bridgehead atoms. The minimum atomic E-state index is -1.06. The second kappa shape index (κ2) is 9.55. The molecular formula is C26H33FN8O3S2. The summed E-state index contributed by atoms with van der Waals surface area (Å²) in [6.07, 6.45) is 1.54. The summed E-state index contributed by atoms with van der Waals surface area (Å²) < 4.78 is 26.0. The largest absolute Gasteiger partial charge is 0.461 e. The molecule has 14 heteroatoms. The summed E-state index contributed by atoms with van der Waals surface area (Å²) in [6, 6.07) is 2.51. The lowest BCUT2D eigenvalue weighted by Gasteiger charge is -2.47. The molecule has 0 saturated carbocycles. The van der Waals surface area contributed by atoms with Crippen molar-refractivity contribution in [2.24, 2.45) is 0 Å². The molecule has 2 aromatic rings. The van der Waals surface area contributed by atoms with Crippen LogP contribution in [0.1, 0.15) is 42.2 Å². The predicted octanol–water partition coefficient (Wildman–Crippen LogP) is 1.89. The van der Waals surface area contributed by atoms with E-state index in [-0.39, 0.29) is 22.9 Å². The van der Waals surface area contributed by atoms with Crippen molar-refractivity contribution in [1.82, 2.24) is 19.9 Å². The van der Waals surface area contributed by atoms with Crippen LogP contribution in [0, 0.1) is 11.3 Å². The van der Waals surface area contributed by atoms with Crippen LogP contribution in [0.3, 0.4) is 0 Å². The van der Waals surface area contributed by atoms with Gasteiger partial charge < -0.3 is 30.1 Å². The molecular weight excluding hydrogens is 555 g/mol. The monoisotopic (exact) mass is 588 g/mol. The molecule has 4 fully saturated rings. The van der Waals surface area contributed by atoms with Crippen molar-refractivity contribution in [3.05, 3.63) is 16.0 Å². The van der Waals surface area contributed by atoms with Crippen molar-refractivity contribution >= 4 is 40.0 Å². The maximum absolute atomic E-state index is 14.3. The summed E-state index contributed by atoms with van der Waals surface area (Å²) >= 11 is 3.35. The Bertz CT molecular complexity index is 1360. The first-order valence-electron chi connectivity index (χ1n) is 13.7. The number of rotatable bonds is 5. The number of ether oxygens (including phenoxy) is 2. The van der Waals surface area contributed by atoms with Gasteiger partial charge in [-0.3, -0.25) is 4.90 Å². The van der Waals surface area contributed by atoms with Crippen LogP contribution < -0.4 is 20.3 Å². The average Bonchev–Trinajstić information content (AvgIpc) is 3.58. The molecule has 4 saturated heterocycles. The summed E-state index contributed by atoms with van der Waals surface area (Å²) in [5.41, 5.74) is 6.43. The van der Waals surface area contributed by atoms with Gasteiger partial charge in [-0.2, -0.15) is 20.2 Å². The zero-order chi connectivity index (χ0) is 27.7. The van der Waals surface area contributed by atoms with Gasteiger partial charge in [-0.05, 0) is 26.3 Å². The first-order chi connectivity index (χ1) is 19.2. The Hall–Kier alpha value is -2.44. The van der Waals surface area contributed by atoms with Crippen LogP contribution in [0.4, 0.5) is 21.3 Å². The number of alkyl halides is 1. The normalized spacial score (nSPS) is 31.1. The predicted molar refractivity (Wildman–Crippen MR) is 151 cm³/mol. The van der Waals surface area contributed by atoms with Crippen LogP contribution in [0.2, 0.25) is 0 Å². The van der Waals surface area contributed by atoms with Gasteiger partial charge in [-0.25, -0.2) is 4.39 Å². The minimum absolute atomic E-state index is 0.201. The summed E-state index contributed by atoms with van der Waals surface area (Å²) in [4.78, 5) is 21.6. The van der Waals surface area contributed by atoms with Crippen molar-refractivity contribution in [1.29, 1.82) is 5.26 Å². The van der Waals surface area contributed by atoms with E-state index in [0.29, 0.717) is 74.8 Å². The van der Waals surface area contributed by atoms with E-state index in [1.165, 1.54) is 16.2 Å². The fourth-order valence-electron chi connectivity index (χ4n) is 6.93. The Morgan fingerprint density at radius 2 is 2.02 bits per heavy atom. The van der Waals surface area contributed by atoms with Gasteiger partial charge in [-0.1, -0.05) is 0 Å². The number of nitrogens with zero attached hydrogens (tertiary/aromatic N) is 7.